The van der Waals surface area contributed by atoms with Crippen molar-refractivity contribution in [1.82, 2.24) is 15.1 Å². The molecule has 1 rings (SSSR count). The molecule has 0 aromatic heterocycles. The van der Waals surface area contributed by atoms with Gasteiger partial charge < -0.3 is 20.2 Å². The van der Waals surface area contributed by atoms with Gasteiger partial charge in [0, 0.05) is 18.7 Å². The van der Waals surface area contributed by atoms with Gasteiger partial charge in [-0.15, -0.1) is 0 Å². The van der Waals surface area contributed by atoms with Crippen LogP contribution in [-0.2, 0) is 14.4 Å². The number of piperidine rings is 1. The lowest BCUT2D eigenvalue weighted by molar-refractivity contribution is -0.137. The van der Waals surface area contributed by atoms with Crippen molar-refractivity contribution in [3.8, 4) is 0 Å². The number of likely N-dealkylation sites (tertiary alicyclic amines) is 1. The average molecular weight is 442 g/mol. The molecule has 0 saturated carbocycles. The van der Waals surface area contributed by atoms with E-state index in [1.54, 1.807) is 14.0 Å². The van der Waals surface area contributed by atoms with E-state index in [4.69, 9.17) is 5.11 Å². The SMILES string of the molecule is C/C(=C\C(C)N(C)C(=O)C(NC=O)C(C)(C)C)C(=O)O.CC(C)C.CN1CCCCC1. The molecule has 2 amide bonds. The van der Waals surface area contributed by atoms with Crippen molar-refractivity contribution in [3.05, 3.63) is 11.6 Å². The molecule has 2 unspecified atom stereocenters. The third-order valence-corrected chi connectivity index (χ3v) is 4.71. The summed E-state index contributed by atoms with van der Waals surface area (Å²) in [7, 11) is 3.78. The third-order valence-electron chi connectivity index (χ3n) is 4.71. The van der Waals surface area contributed by atoms with Gasteiger partial charge in [-0.05, 0) is 58.2 Å². The number of hydrogen-bond donors (Lipinski definition) is 2. The van der Waals surface area contributed by atoms with E-state index in [-0.39, 0.29) is 17.5 Å². The van der Waals surface area contributed by atoms with Crippen LogP contribution in [0.1, 0.15) is 74.7 Å². The van der Waals surface area contributed by atoms with Crippen LogP contribution in [0.2, 0.25) is 0 Å². The maximum atomic E-state index is 12.4. The first-order valence-corrected chi connectivity index (χ1v) is 11.2. The summed E-state index contributed by atoms with van der Waals surface area (Å²) in [4.78, 5) is 37.7. The monoisotopic (exact) mass is 441 g/mol. The first-order valence-electron chi connectivity index (χ1n) is 11.2. The number of likely N-dealkylation sites (N-methyl/N-ethyl adjacent to an activating group) is 1. The summed E-state index contributed by atoms with van der Waals surface area (Å²) < 4.78 is 0. The Morgan fingerprint density at radius 1 is 1.06 bits per heavy atom. The Kier molecular flexibility index (Phi) is 16.0. The molecule has 1 heterocycles. The summed E-state index contributed by atoms with van der Waals surface area (Å²) in [5, 5.41) is 11.4. The van der Waals surface area contributed by atoms with E-state index in [2.05, 4.69) is 38.0 Å². The second kappa shape index (κ2) is 15.8. The number of carbonyl (C=O) groups is 3. The van der Waals surface area contributed by atoms with Gasteiger partial charge in [0.2, 0.25) is 12.3 Å². The number of amides is 2. The Labute approximate surface area is 190 Å². The smallest absolute Gasteiger partial charge is 0.331 e. The molecule has 2 N–H and O–H groups in total. The van der Waals surface area contributed by atoms with E-state index in [1.165, 1.54) is 50.3 Å². The molecule has 0 aromatic carbocycles. The van der Waals surface area contributed by atoms with E-state index in [1.807, 2.05) is 20.8 Å². The highest BCUT2D eigenvalue weighted by atomic mass is 16.4. The van der Waals surface area contributed by atoms with Crippen LogP contribution in [0.25, 0.3) is 0 Å². The average Bonchev–Trinajstić information content (AvgIpc) is 2.64. The van der Waals surface area contributed by atoms with Crippen molar-refractivity contribution in [1.29, 1.82) is 0 Å². The zero-order valence-electron chi connectivity index (χ0n) is 21.5. The van der Waals surface area contributed by atoms with E-state index in [0.717, 1.165) is 5.92 Å². The topological polar surface area (TPSA) is 90.0 Å². The second-order valence-corrected chi connectivity index (χ2v) is 10.0. The van der Waals surface area contributed by atoms with Gasteiger partial charge in [0.15, 0.2) is 0 Å². The molecule has 2 atom stereocenters. The number of rotatable bonds is 6. The quantitative estimate of drug-likeness (QED) is 0.483. The van der Waals surface area contributed by atoms with Crippen LogP contribution in [-0.4, -0.2) is 72.5 Å². The largest absolute Gasteiger partial charge is 0.478 e. The Bertz CT molecular complexity index is 559. The maximum absolute atomic E-state index is 12.4. The minimum atomic E-state index is -1.02. The van der Waals surface area contributed by atoms with Gasteiger partial charge in [-0.3, -0.25) is 9.59 Å². The molecule has 1 fully saturated rings. The molecule has 7 nitrogen and oxygen atoms in total. The zero-order valence-corrected chi connectivity index (χ0v) is 21.5. The van der Waals surface area contributed by atoms with Crippen molar-refractivity contribution >= 4 is 18.3 Å². The zero-order chi connectivity index (χ0) is 24.8. The minimum Gasteiger partial charge on any atom is -0.478 e. The fraction of sp³-hybridized carbons (Fsp3) is 0.792. The summed E-state index contributed by atoms with van der Waals surface area (Å²) >= 11 is 0. The second-order valence-electron chi connectivity index (χ2n) is 10.0. The van der Waals surface area contributed by atoms with Crippen LogP contribution in [0, 0.1) is 11.3 Å². The molecule has 1 aliphatic rings. The lowest BCUT2D eigenvalue weighted by Gasteiger charge is -2.34. The first kappa shape index (κ1) is 31.3. The van der Waals surface area contributed by atoms with Crippen LogP contribution in [0.3, 0.4) is 0 Å². The van der Waals surface area contributed by atoms with Gasteiger partial charge in [-0.2, -0.15) is 0 Å². The lowest BCUT2D eigenvalue weighted by Crippen LogP contribution is -2.53. The van der Waals surface area contributed by atoms with E-state index < -0.39 is 17.4 Å². The molecule has 31 heavy (non-hydrogen) atoms. The highest BCUT2D eigenvalue weighted by molar-refractivity contribution is 5.87. The Hall–Kier alpha value is -1.89. The molecule has 0 radical (unpaired) electrons. The number of aliphatic carboxylic acids is 1. The van der Waals surface area contributed by atoms with Crippen molar-refractivity contribution in [3.63, 3.8) is 0 Å². The predicted octanol–water partition coefficient (Wildman–Crippen LogP) is 3.79. The number of nitrogens with one attached hydrogen (secondary N) is 1. The van der Waals surface area contributed by atoms with Gasteiger partial charge in [0.1, 0.15) is 6.04 Å². The summed E-state index contributed by atoms with van der Waals surface area (Å²) in [5.74, 6) is -0.442. The van der Waals surface area contributed by atoms with Gasteiger partial charge in [-0.25, -0.2) is 4.79 Å². The van der Waals surface area contributed by atoms with E-state index >= 15 is 0 Å². The molecule has 1 saturated heterocycles. The van der Waals surface area contributed by atoms with E-state index in [0.29, 0.717) is 6.41 Å². The number of carboxylic acids is 1. The minimum absolute atomic E-state index is 0.174. The molecule has 0 aromatic rings. The van der Waals surface area contributed by atoms with Crippen molar-refractivity contribution in [2.75, 3.05) is 27.2 Å². The van der Waals surface area contributed by atoms with Crippen LogP contribution < -0.4 is 5.32 Å². The fourth-order valence-electron chi connectivity index (χ4n) is 2.76. The van der Waals surface area contributed by atoms with Crippen LogP contribution in [0.15, 0.2) is 11.6 Å². The summed E-state index contributed by atoms with van der Waals surface area (Å²) in [6.45, 7) is 17.9. The molecular formula is C24H47N3O4. The summed E-state index contributed by atoms with van der Waals surface area (Å²) in [6, 6.07) is -1.04. The first-order chi connectivity index (χ1) is 14.1. The number of hydrogen-bond acceptors (Lipinski definition) is 4. The third kappa shape index (κ3) is 15.5. The number of carboxylic acid groups (broad SMARTS) is 1. The van der Waals surface area contributed by atoms with E-state index in [9.17, 15) is 14.4 Å². The van der Waals surface area contributed by atoms with Crippen molar-refractivity contribution < 1.29 is 19.5 Å². The Morgan fingerprint density at radius 2 is 1.52 bits per heavy atom. The molecule has 1 aliphatic heterocycles. The Morgan fingerprint density at radius 3 is 1.81 bits per heavy atom. The molecule has 0 spiro atoms. The van der Waals surface area contributed by atoms with Crippen molar-refractivity contribution in [2.45, 2.75) is 86.7 Å². The summed E-state index contributed by atoms with van der Waals surface area (Å²) in [5.41, 5.74) is -0.259. The normalized spacial score (nSPS) is 16.7. The molecule has 182 valence electrons. The molecular weight excluding hydrogens is 394 g/mol. The van der Waals surface area contributed by atoms with Crippen LogP contribution in [0.4, 0.5) is 0 Å². The summed E-state index contributed by atoms with van der Waals surface area (Å²) in [6.07, 6.45) is 6.28. The highest BCUT2D eigenvalue weighted by Gasteiger charge is 2.34. The van der Waals surface area contributed by atoms with Gasteiger partial charge in [-0.1, -0.05) is 54.0 Å². The molecule has 0 aliphatic carbocycles. The molecule has 0 bridgehead atoms. The predicted molar refractivity (Wildman–Crippen MR) is 128 cm³/mol. The molecule has 7 heteroatoms. The number of nitrogens with zero attached hydrogens (tertiary/aromatic N) is 2. The maximum Gasteiger partial charge on any atom is 0.331 e. The Balaban J connectivity index is 0. The highest BCUT2D eigenvalue weighted by Crippen LogP contribution is 2.21. The fourth-order valence-corrected chi connectivity index (χ4v) is 2.76. The van der Waals surface area contributed by atoms with Gasteiger partial charge in [0.05, 0.1) is 0 Å². The van der Waals surface area contributed by atoms with Crippen molar-refractivity contribution in [2.24, 2.45) is 11.3 Å². The van der Waals surface area contributed by atoms with Crippen LogP contribution >= 0.6 is 0 Å². The van der Waals surface area contributed by atoms with Gasteiger partial charge in [0.25, 0.3) is 0 Å². The standard InChI is InChI=1S/C14H24N2O4.C6H13N.C4H10/c1-9(13(19)20)7-10(2)16(6)12(18)11(15-8-17)14(3,4)5;1-7-5-3-2-4-6-7;1-4(2)3/h7-8,10-11H,1-6H3,(H,15,17)(H,19,20);2-6H2,1H3;4H,1-3H3/b9-7+;;. The number of carbonyl (C=O) groups excluding carboxylic acids is 2. The van der Waals surface area contributed by atoms with Crippen LogP contribution in [0.5, 0.6) is 0 Å². The van der Waals surface area contributed by atoms with Gasteiger partial charge >= 0.3 is 5.97 Å². The lowest BCUT2D eigenvalue weighted by atomic mass is 9.85.